The molecular weight excluding hydrogens is 475 g/mol. The number of nitrogens with zero attached hydrogens (tertiary/aromatic N) is 2. The van der Waals surface area contributed by atoms with Crippen molar-refractivity contribution in [3.63, 3.8) is 0 Å². The van der Waals surface area contributed by atoms with Gasteiger partial charge in [0.15, 0.2) is 0 Å². The van der Waals surface area contributed by atoms with Crippen LogP contribution in [-0.4, -0.2) is 57.1 Å². The zero-order valence-corrected chi connectivity index (χ0v) is 21.0. The van der Waals surface area contributed by atoms with Crippen molar-refractivity contribution in [2.24, 2.45) is 11.7 Å². The van der Waals surface area contributed by atoms with E-state index >= 15 is 0 Å². The van der Waals surface area contributed by atoms with E-state index in [4.69, 9.17) is 10.5 Å². The number of nitrogens with two attached hydrogens (primary N) is 1. The SMILES string of the molecule is CC/C=C\[C@H](C)CC[C@H](CN)N1NC=C(CCCCN2CCOCC2)C(CC)=I1. The number of hydrogen-bond acceptors (Lipinski definition) is 5. The molecular formula is C23H43IN4O. The van der Waals surface area contributed by atoms with Gasteiger partial charge in [0.05, 0.1) is 19.3 Å². The van der Waals surface area contributed by atoms with Crippen molar-refractivity contribution in [2.75, 3.05) is 39.4 Å². The van der Waals surface area contributed by atoms with Gasteiger partial charge in [0, 0.05) is 29.3 Å². The van der Waals surface area contributed by atoms with Crippen molar-refractivity contribution in [3.05, 3.63) is 23.9 Å². The van der Waals surface area contributed by atoms with E-state index in [1.54, 1.807) is 9.08 Å². The third-order valence-electron chi connectivity index (χ3n) is 5.74. The van der Waals surface area contributed by atoms with Crippen LogP contribution in [0.2, 0.25) is 0 Å². The van der Waals surface area contributed by atoms with E-state index in [1.807, 2.05) is 0 Å². The second kappa shape index (κ2) is 14.7. The molecule has 0 aromatic heterocycles. The fourth-order valence-electron chi connectivity index (χ4n) is 3.79. The van der Waals surface area contributed by atoms with E-state index < -0.39 is 0 Å². The number of halogens is 1. The Hall–Kier alpha value is -0.280. The van der Waals surface area contributed by atoms with E-state index in [1.165, 1.54) is 38.6 Å². The monoisotopic (exact) mass is 518 g/mol. The summed E-state index contributed by atoms with van der Waals surface area (Å²) in [6.07, 6.45) is 15.4. The first-order chi connectivity index (χ1) is 14.2. The predicted molar refractivity (Wildman–Crippen MR) is 134 cm³/mol. The molecule has 0 aromatic carbocycles. The Labute approximate surface area is 189 Å². The van der Waals surface area contributed by atoms with Gasteiger partial charge in [-0.15, -0.1) is 0 Å². The van der Waals surface area contributed by atoms with Crippen LogP contribution in [-0.2, 0) is 4.74 Å². The highest BCUT2D eigenvalue weighted by Gasteiger charge is 2.21. The van der Waals surface area contributed by atoms with Crippen LogP contribution in [0, 0.1) is 5.92 Å². The number of allylic oxidation sites excluding steroid dienone is 3. The third kappa shape index (κ3) is 9.17. The van der Waals surface area contributed by atoms with Gasteiger partial charge in [-0.2, -0.15) is 3.22 Å². The summed E-state index contributed by atoms with van der Waals surface area (Å²) in [5, 5.41) is 0. The third-order valence-corrected chi connectivity index (χ3v) is 9.36. The molecule has 168 valence electrons. The van der Waals surface area contributed by atoms with Crippen molar-refractivity contribution < 1.29 is 4.74 Å². The lowest BCUT2D eigenvalue weighted by Crippen LogP contribution is -2.43. The van der Waals surface area contributed by atoms with E-state index in [0.717, 1.165) is 45.7 Å². The topological polar surface area (TPSA) is 53.8 Å². The number of morpholine rings is 1. The van der Waals surface area contributed by atoms with E-state index in [0.29, 0.717) is 12.0 Å². The standard InChI is InChI=1S/C23H43IN4O/c1-4-6-9-20(3)11-12-22(18-25)28-24-23(5-2)21(19-26-28)10-7-8-13-27-14-16-29-17-15-27/h6,9,19-20,22,26H,4-5,7-8,10-18,25H2,1-3H3/b9-6-/t20-,22+/m0/s1. The maximum absolute atomic E-state index is 6.16. The number of ether oxygens (including phenoxy) is 1. The van der Waals surface area contributed by atoms with Crippen LogP contribution in [0.3, 0.4) is 0 Å². The summed E-state index contributed by atoms with van der Waals surface area (Å²) in [4.78, 5) is 2.54. The Morgan fingerprint density at radius 2 is 2.03 bits per heavy atom. The fourth-order valence-corrected chi connectivity index (χ4v) is 6.68. The molecule has 6 heteroatoms. The molecule has 0 aliphatic carbocycles. The molecule has 0 saturated carbocycles. The molecule has 2 aliphatic rings. The lowest BCUT2D eigenvalue weighted by Gasteiger charge is -2.32. The minimum Gasteiger partial charge on any atom is -0.379 e. The molecule has 2 atom stereocenters. The van der Waals surface area contributed by atoms with Crippen LogP contribution >= 0.6 is 21.0 Å². The predicted octanol–water partition coefficient (Wildman–Crippen LogP) is 4.37. The molecule has 5 nitrogen and oxygen atoms in total. The van der Waals surface area contributed by atoms with Crippen molar-refractivity contribution >= 4 is 24.5 Å². The van der Waals surface area contributed by atoms with Crippen LogP contribution in [0.5, 0.6) is 0 Å². The molecule has 2 aliphatic heterocycles. The summed E-state index contributed by atoms with van der Waals surface area (Å²) in [6.45, 7) is 12.8. The van der Waals surface area contributed by atoms with Crippen molar-refractivity contribution in [3.8, 4) is 0 Å². The molecule has 1 fully saturated rings. The van der Waals surface area contributed by atoms with Gasteiger partial charge < -0.3 is 15.9 Å². The maximum Gasteiger partial charge on any atom is 0.0594 e. The molecule has 0 spiro atoms. The largest absolute Gasteiger partial charge is 0.379 e. The van der Waals surface area contributed by atoms with Gasteiger partial charge in [0.25, 0.3) is 0 Å². The molecule has 0 bridgehead atoms. The summed E-state index contributed by atoms with van der Waals surface area (Å²) in [5.74, 6) is 0.638. The number of unbranched alkanes of at least 4 members (excludes halogenated alkanes) is 1. The summed E-state index contributed by atoms with van der Waals surface area (Å²) in [6, 6.07) is 0.445. The highest BCUT2D eigenvalue weighted by molar-refractivity contribution is 14.2. The maximum atomic E-state index is 6.16. The van der Waals surface area contributed by atoms with Gasteiger partial charge in [0.2, 0.25) is 0 Å². The molecule has 0 amide bonds. The highest BCUT2D eigenvalue weighted by atomic mass is 127. The Bertz CT molecular complexity index is 543. The van der Waals surface area contributed by atoms with Crippen LogP contribution < -0.4 is 11.2 Å². The fraction of sp³-hybridized carbons (Fsp3) is 0.783. The molecule has 1 saturated heterocycles. The average molecular weight is 519 g/mol. The van der Waals surface area contributed by atoms with Crippen molar-refractivity contribution in [2.45, 2.75) is 71.8 Å². The van der Waals surface area contributed by atoms with Gasteiger partial charge in [0.1, 0.15) is 0 Å². The van der Waals surface area contributed by atoms with Crippen LogP contribution in [0.4, 0.5) is 0 Å². The molecule has 0 aromatic rings. The normalized spacial score (nSPS) is 21.2. The smallest absolute Gasteiger partial charge is 0.0594 e. The molecule has 0 radical (unpaired) electrons. The first-order valence-electron chi connectivity index (χ1n) is 11.6. The Morgan fingerprint density at radius 1 is 1.24 bits per heavy atom. The molecule has 3 N–H and O–H groups in total. The summed E-state index contributed by atoms with van der Waals surface area (Å²) in [5.41, 5.74) is 11.3. The first-order valence-corrected chi connectivity index (χ1v) is 13.6. The van der Waals surface area contributed by atoms with E-state index in [2.05, 4.69) is 52.7 Å². The van der Waals surface area contributed by atoms with Crippen molar-refractivity contribution in [1.29, 1.82) is 0 Å². The van der Waals surface area contributed by atoms with Gasteiger partial charge >= 0.3 is 0 Å². The lowest BCUT2D eigenvalue weighted by molar-refractivity contribution is 0.0372. The molecule has 29 heavy (non-hydrogen) atoms. The van der Waals surface area contributed by atoms with E-state index in [-0.39, 0.29) is 21.0 Å². The van der Waals surface area contributed by atoms with E-state index in [9.17, 15) is 0 Å². The number of nitrogens with one attached hydrogen (secondary N) is 1. The Morgan fingerprint density at radius 3 is 2.72 bits per heavy atom. The first kappa shape index (κ1) is 25.0. The Balaban J connectivity index is 1.77. The van der Waals surface area contributed by atoms with Crippen LogP contribution in [0.25, 0.3) is 0 Å². The lowest BCUT2D eigenvalue weighted by atomic mass is 10.0. The minimum atomic E-state index is -0.137. The van der Waals surface area contributed by atoms with Gasteiger partial charge in [-0.1, -0.05) is 32.9 Å². The van der Waals surface area contributed by atoms with Gasteiger partial charge in [-0.3, -0.25) is 4.90 Å². The number of hydrogen-bond donors (Lipinski definition) is 2. The summed E-state index contributed by atoms with van der Waals surface area (Å²) in [7, 11) is 0. The summed E-state index contributed by atoms with van der Waals surface area (Å²) >= 11 is -0.137. The zero-order chi connectivity index (χ0) is 20.9. The average Bonchev–Trinajstić information content (AvgIpc) is 2.76. The second-order valence-electron chi connectivity index (χ2n) is 8.14. The molecule has 2 rings (SSSR count). The van der Waals surface area contributed by atoms with Gasteiger partial charge in [-0.25, -0.2) is 0 Å². The minimum absolute atomic E-state index is 0.137. The van der Waals surface area contributed by atoms with Crippen LogP contribution in [0.15, 0.2) is 23.9 Å². The quantitative estimate of drug-likeness (QED) is 0.164. The zero-order valence-electron chi connectivity index (χ0n) is 18.8. The number of hydrazine groups is 1. The Kier molecular flexibility index (Phi) is 12.6. The van der Waals surface area contributed by atoms with Crippen LogP contribution in [0.1, 0.15) is 65.7 Å². The molecule has 0 unspecified atom stereocenters. The second-order valence-corrected chi connectivity index (χ2v) is 11.0. The van der Waals surface area contributed by atoms with Crippen molar-refractivity contribution in [1.82, 2.24) is 13.5 Å². The highest BCUT2D eigenvalue weighted by Crippen LogP contribution is 2.27. The number of rotatable bonds is 13. The summed E-state index contributed by atoms with van der Waals surface area (Å²) < 4.78 is 9.60. The van der Waals surface area contributed by atoms with Gasteiger partial charge in [-0.05, 0) is 84.0 Å². The molecule has 2 heterocycles.